The van der Waals surface area contributed by atoms with Gasteiger partial charge < -0.3 is 5.32 Å². The van der Waals surface area contributed by atoms with Gasteiger partial charge >= 0.3 is 0 Å². The van der Waals surface area contributed by atoms with E-state index in [-0.39, 0.29) is 0 Å². The van der Waals surface area contributed by atoms with Crippen molar-refractivity contribution in [3.05, 3.63) is 46.0 Å². The van der Waals surface area contributed by atoms with Crippen LogP contribution in [-0.2, 0) is 5.75 Å². The second-order valence-electron chi connectivity index (χ2n) is 4.10. The maximum Gasteiger partial charge on any atom is 0.142 e. The van der Waals surface area contributed by atoms with Crippen molar-refractivity contribution in [2.75, 3.05) is 12.4 Å². The lowest BCUT2D eigenvalue weighted by Crippen LogP contribution is -1.99. The highest BCUT2D eigenvalue weighted by atomic mass is 79.9. The monoisotopic (exact) mass is 365 g/mol. The molecule has 2 aromatic heterocycles. The third kappa shape index (κ3) is 2.82. The van der Waals surface area contributed by atoms with E-state index in [1.165, 1.54) is 4.90 Å². The zero-order valence-electron chi connectivity index (χ0n) is 10.8. The summed E-state index contributed by atoms with van der Waals surface area (Å²) in [6, 6.07) is 10.2. The van der Waals surface area contributed by atoms with Crippen LogP contribution < -0.4 is 5.32 Å². The van der Waals surface area contributed by atoms with Gasteiger partial charge in [-0.2, -0.15) is 0 Å². The molecule has 20 heavy (non-hydrogen) atoms. The molecule has 3 nitrogen and oxygen atoms in total. The van der Waals surface area contributed by atoms with Gasteiger partial charge in [-0.3, -0.25) is 0 Å². The van der Waals surface area contributed by atoms with Crippen molar-refractivity contribution in [1.82, 2.24) is 9.97 Å². The minimum atomic E-state index is 0.755. The van der Waals surface area contributed by atoms with Crippen LogP contribution in [-0.4, -0.2) is 17.0 Å². The predicted octanol–water partition coefficient (Wildman–Crippen LogP) is 4.79. The number of nitrogens with one attached hydrogen (secondary N) is 1. The molecule has 0 spiro atoms. The van der Waals surface area contributed by atoms with Gasteiger partial charge in [-0.15, -0.1) is 23.1 Å². The summed E-state index contributed by atoms with van der Waals surface area (Å²) in [6.07, 6.45) is 0. The molecule has 0 unspecified atom stereocenters. The topological polar surface area (TPSA) is 37.8 Å². The number of fused-ring (bicyclic) bond motifs is 1. The summed E-state index contributed by atoms with van der Waals surface area (Å²) in [5, 5.41) is 6.28. The average Bonchev–Trinajstić information content (AvgIpc) is 2.94. The molecule has 0 saturated heterocycles. The van der Waals surface area contributed by atoms with E-state index in [0.717, 1.165) is 32.1 Å². The van der Waals surface area contributed by atoms with E-state index >= 15 is 0 Å². The summed E-state index contributed by atoms with van der Waals surface area (Å²) >= 11 is 6.94. The van der Waals surface area contributed by atoms with Gasteiger partial charge in [0.1, 0.15) is 16.5 Å². The molecular formula is C14H12BrN3S2. The second kappa shape index (κ2) is 6.11. The molecule has 0 aliphatic heterocycles. The number of hydrogen-bond donors (Lipinski definition) is 1. The van der Waals surface area contributed by atoms with Crippen LogP contribution in [0.15, 0.2) is 45.1 Å². The summed E-state index contributed by atoms with van der Waals surface area (Å²) in [7, 11) is 1.89. The van der Waals surface area contributed by atoms with Gasteiger partial charge in [0.05, 0.1) is 11.1 Å². The van der Waals surface area contributed by atoms with Crippen molar-refractivity contribution in [3.8, 4) is 0 Å². The van der Waals surface area contributed by atoms with Crippen LogP contribution in [0.1, 0.15) is 5.82 Å². The molecule has 0 bridgehead atoms. The maximum absolute atomic E-state index is 4.62. The first-order valence-corrected chi connectivity index (χ1v) is 8.73. The third-order valence-corrected chi connectivity index (χ3v) is 5.63. The normalized spacial score (nSPS) is 10.9. The molecule has 0 fully saturated rings. The van der Waals surface area contributed by atoms with Crippen LogP contribution in [0, 0.1) is 0 Å². The molecule has 0 saturated carbocycles. The van der Waals surface area contributed by atoms with Crippen LogP contribution in [0.2, 0.25) is 0 Å². The lowest BCUT2D eigenvalue weighted by molar-refractivity contribution is 1.07. The number of aromatic nitrogens is 2. The highest BCUT2D eigenvalue weighted by Gasteiger charge is 2.08. The average molecular weight is 366 g/mol. The number of hydrogen-bond acceptors (Lipinski definition) is 5. The zero-order chi connectivity index (χ0) is 13.9. The van der Waals surface area contributed by atoms with Gasteiger partial charge in [0.15, 0.2) is 0 Å². The number of benzene rings is 1. The molecule has 0 amide bonds. The Bertz CT molecular complexity index is 742. The smallest absolute Gasteiger partial charge is 0.142 e. The minimum Gasteiger partial charge on any atom is -0.372 e. The van der Waals surface area contributed by atoms with Crippen molar-refractivity contribution >= 4 is 55.1 Å². The molecule has 6 heteroatoms. The molecular weight excluding hydrogens is 354 g/mol. The molecule has 0 aliphatic carbocycles. The van der Waals surface area contributed by atoms with Crippen molar-refractivity contribution in [3.63, 3.8) is 0 Å². The van der Waals surface area contributed by atoms with Crippen LogP contribution in [0.3, 0.4) is 0 Å². The maximum atomic E-state index is 4.62. The first-order valence-electron chi connectivity index (χ1n) is 6.07. The van der Waals surface area contributed by atoms with Gasteiger partial charge in [0.2, 0.25) is 0 Å². The largest absolute Gasteiger partial charge is 0.372 e. The fraction of sp³-hybridized carbons (Fsp3) is 0.143. The highest BCUT2D eigenvalue weighted by Crippen LogP contribution is 2.31. The molecule has 1 N–H and O–H groups in total. The summed E-state index contributed by atoms with van der Waals surface area (Å²) < 4.78 is 1.11. The number of thiophene rings is 1. The molecule has 0 atom stereocenters. The standard InChI is InChI=1S/C14H12BrN3S2/c1-16-13-9-6-7-19-14(9)18-12(17-13)8-20-11-5-3-2-4-10(11)15/h2-7H,8H2,1H3,(H,16,17,18). The van der Waals surface area contributed by atoms with Crippen LogP contribution >= 0.6 is 39.0 Å². The zero-order valence-corrected chi connectivity index (χ0v) is 14.0. The Morgan fingerprint density at radius 2 is 2.10 bits per heavy atom. The number of thioether (sulfide) groups is 1. The molecule has 0 radical (unpaired) electrons. The Labute approximate surface area is 134 Å². The highest BCUT2D eigenvalue weighted by molar-refractivity contribution is 9.10. The SMILES string of the molecule is CNc1nc(CSc2ccccc2Br)nc2sccc12. The number of halogens is 1. The van der Waals surface area contributed by atoms with E-state index in [9.17, 15) is 0 Å². The third-order valence-electron chi connectivity index (χ3n) is 2.80. The van der Waals surface area contributed by atoms with Crippen molar-refractivity contribution in [1.29, 1.82) is 0 Å². The lowest BCUT2D eigenvalue weighted by atomic mass is 10.4. The molecule has 3 rings (SSSR count). The van der Waals surface area contributed by atoms with E-state index in [4.69, 9.17) is 0 Å². The molecule has 2 heterocycles. The number of nitrogens with zero attached hydrogens (tertiary/aromatic N) is 2. The molecule has 102 valence electrons. The molecule has 0 aliphatic rings. The second-order valence-corrected chi connectivity index (χ2v) is 6.86. The summed E-state index contributed by atoms with van der Waals surface area (Å²) in [5.41, 5.74) is 0. The Morgan fingerprint density at radius 1 is 1.25 bits per heavy atom. The quantitative estimate of drug-likeness (QED) is 0.674. The van der Waals surface area contributed by atoms with Gasteiger partial charge in [-0.05, 0) is 39.5 Å². The lowest BCUT2D eigenvalue weighted by Gasteiger charge is -2.06. The Balaban J connectivity index is 1.86. The van der Waals surface area contributed by atoms with Gasteiger partial charge in [-0.25, -0.2) is 9.97 Å². The number of rotatable bonds is 4. The predicted molar refractivity (Wildman–Crippen MR) is 90.7 cm³/mol. The van der Waals surface area contributed by atoms with Crippen molar-refractivity contribution < 1.29 is 0 Å². The van der Waals surface area contributed by atoms with Crippen LogP contribution in [0.25, 0.3) is 10.2 Å². The van der Waals surface area contributed by atoms with E-state index in [2.05, 4.69) is 43.3 Å². The summed E-state index contributed by atoms with van der Waals surface area (Å²) in [5.74, 6) is 2.51. The first-order chi connectivity index (χ1) is 9.78. The number of anilines is 1. The van der Waals surface area contributed by atoms with Crippen molar-refractivity contribution in [2.45, 2.75) is 10.6 Å². The summed E-state index contributed by atoms with van der Waals surface area (Å²) in [4.78, 5) is 11.4. The van der Waals surface area contributed by atoms with E-state index in [1.54, 1.807) is 23.1 Å². The van der Waals surface area contributed by atoms with E-state index in [0.29, 0.717) is 0 Å². The van der Waals surface area contributed by atoms with Crippen LogP contribution in [0.4, 0.5) is 5.82 Å². The Morgan fingerprint density at radius 3 is 2.90 bits per heavy atom. The van der Waals surface area contributed by atoms with E-state index < -0.39 is 0 Å². The Hall–Kier alpha value is -1.11. The fourth-order valence-electron chi connectivity index (χ4n) is 1.86. The minimum absolute atomic E-state index is 0.755. The van der Waals surface area contributed by atoms with E-state index in [1.807, 2.05) is 30.6 Å². The first kappa shape index (κ1) is 13.9. The van der Waals surface area contributed by atoms with Gasteiger partial charge in [0, 0.05) is 16.4 Å². The Kier molecular flexibility index (Phi) is 4.24. The fourth-order valence-corrected chi connectivity index (χ4v) is 4.06. The van der Waals surface area contributed by atoms with Crippen molar-refractivity contribution in [2.24, 2.45) is 0 Å². The summed E-state index contributed by atoms with van der Waals surface area (Å²) in [6.45, 7) is 0. The molecule has 3 aromatic rings. The molecule has 1 aromatic carbocycles. The van der Waals surface area contributed by atoms with Gasteiger partial charge in [-0.1, -0.05) is 12.1 Å². The van der Waals surface area contributed by atoms with Gasteiger partial charge in [0.25, 0.3) is 0 Å². The van der Waals surface area contributed by atoms with Crippen LogP contribution in [0.5, 0.6) is 0 Å².